The summed E-state index contributed by atoms with van der Waals surface area (Å²) in [7, 11) is 0. The molecule has 0 spiro atoms. The van der Waals surface area contributed by atoms with Crippen LogP contribution in [-0.4, -0.2) is 27.5 Å². The molecule has 8 heteroatoms. The van der Waals surface area contributed by atoms with Crippen LogP contribution in [-0.2, 0) is 10.2 Å². The maximum absolute atomic E-state index is 14.7. The normalized spacial score (nSPS) is 19.4. The van der Waals surface area contributed by atoms with Crippen LogP contribution in [0.15, 0.2) is 48.8 Å². The Balaban J connectivity index is 1.56. The Hall–Kier alpha value is -3.86. The van der Waals surface area contributed by atoms with E-state index in [-0.39, 0.29) is 18.3 Å². The third-order valence-electron chi connectivity index (χ3n) is 5.49. The van der Waals surface area contributed by atoms with E-state index in [1.165, 1.54) is 12.3 Å². The SMILES string of the molecule is Cc1ncc(OCC2(c3ccccc3F)CC2C(=O)Nc2ccc(C#N)cn2)c(C)n1. The van der Waals surface area contributed by atoms with Crippen molar-refractivity contribution >= 4 is 11.7 Å². The van der Waals surface area contributed by atoms with Crippen LogP contribution in [0.4, 0.5) is 10.2 Å². The first-order valence-corrected chi connectivity index (χ1v) is 9.78. The Kier molecular flexibility index (Phi) is 5.34. The summed E-state index contributed by atoms with van der Waals surface area (Å²) >= 11 is 0. The average molecular weight is 417 g/mol. The quantitative estimate of drug-likeness (QED) is 0.659. The number of nitrogens with zero attached hydrogens (tertiary/aromatic N) is 4. The van der Waals surface area contributed by atoms with Gasteiger partial charge in [-0.2, -0.15) is 5.26 Å². The Morgan fingerprint density at radius 1 is 1.26 bits per heavy atom. The first kappa shape index (κ1) is 20.4. The van der Waals surface area contributed by atoms with E-state index in [4.69, 9.17) is 10.00 Å². The van der Waals surface area contributed by atoms with Gasteiger partial charge in [0.15, 0.2) is 5.75 Å². The number of nitrogens with one attached hydrogen (secondary N) is 1. The number of pyridine rings is 1. The van der Waals surface area contributed by atoms with E-state index in [2.05, 4.69) is 20.3 Å². The molecule has 2 unspecified atom stereocenters. The zero-order valence-electron chi connectivity index (χ0n) is 17.1. The number of rotatable bonds is 6. The number of benzene rings is 1. The van der Waals surface area contributed by atoms with Crippen LogP contribution in [0.1, 0.15) is 29.1 Å². The van der Waals surface area contributed by atoms with Crippen molar-refractivity contribution in [3.8, 4) is 11.8 Å². The Labute approximate surface area is 179 Å². The molecule has 3 aromatic rings. The van der Waals surface area contributed by atoms with Crippen LogP contribution < -0.4 is 10.1 Å². The number of hydrogen-bond donors (Lipinski definition) is 1. The fourth-order valence-electron chi connectivity index (χ4n) is 3.72. The van der Waals surface area contributed by atoms with Gasteiger partial charge in [0.1, 0.15) is 23.5 Å². The summed E-state index contributed by atoms with van der Waals surface area (Å²) in [4.78, 5) is 25.5. The van der Waals surface area contributed by atoms with Crippen molar-refractivity contribution in [1.82, 2.24) is 15.0 Å². The standard InChI is InChI=1S/C23H20FN5O2/c1-14-20(12-26-15(2)28-14)31-13-23(17-5-3-4-6-19(17)24)9-18(23)22(30)29-21-8-7-16(10-25)11-27-21/h3-8,11-12,18H,9,13H2,1-2H3,(H,27,29,30). The molecule has 1 amide bonds. The lowest BCUT2D eigenvalue weighted by Crippen LogP contribution is -2.27. The van der Waals surface area contributed by atoms with Gasteiger partial charge in [-0.05, 0) is 44.0 Å². The minimum atomic E-state index is -0.806. The lowest BCUT2D eigenvalue weighted by atomic mass is 9.93. The van der Waals surface area contributed by atoms with E-state index in [9.17, 15) is 9.18 Å². The van der Waals surface area contributed by atoms with E-state index >= 15 is 0 Å². The van der Waals surface area contributed by atoms with Crippen LogP contribution in [0.3, 0.4) is 0 Å². The molecule has 156 valence electrons. The number of aromatic nitrogens is 3. The lowest BCUT2D eigenvalue weighted by Gasteiger charge is -2.20. The summed E-state index contributed by atoms with van der Waals surface area (Å²) in [5.41, 5.74) is 0.710. The minimum Gasteiger partial charge on any atom is -0.489 e. The Morgan fingerprint density at radius 3 is 2.74 bits per heavy atom. The largest absolute Gasteiger partial charge is 0.489 e. The first-order valence-electron chi connectivity index (χ1n) is 9.78. The van der Waals surface area contributed by atoms with Gasteiger partial charge < -0.3 is 10.1 Å². The number of carbonyl (C=O) groups excluding carboxylic acids is 1. The van der Waals surface area contributed by atoms with E-state index in [0.29, 0.717) is 40.6 Å². The predicted molar refractivity (Wildman–Crippen MR) is 111 cm³/mol. The van der Waals surface area contributed by atoms with Crippen LogP contribution in [0.5, 0.6) is 5.75 Å². The number of aryl methyl sites for hydroxylation is 2. The molecule has 7 nitrogen and oxygen atoms in total. The highest BCUT2D eigenvalue weighted by Gasteiger charge is 2.61. The van der Waals surface area contributed by atoms with E-state index in [1.54, 1.807) is 43.5 Å². The highest BCUT2D eigenvalue weighted by Crippen LogP contribution is 2.55. The van der Waals surface area contributed by atoms with Crippen molar-refractivity contribution in [2.45, 2.75) is 25.7 Å². The molecule has 1 aliphatic rings. The van der Waals surface area contributed by atoms with Gasteiger partial charge in [0.05, 0.1) is 30.0 Å². The molecule has 0 saturated heterocycles. The van der Waals surface area contributed by atoms with Gasteiger partial charge in [0.2, 0.25) is 5.91 Å². The van der Waals surface area contributed by atoms with Crippen molar-refractivity contribution in [2.75, 3.05) is 11.9 Å². The molecule has 0 bridgehead atoms. The molecule has 2 aromatic heterocycles. The number of ether oxygens (including phenoxy) is 1. The van der Waals surface area contributed by atoms with Crippen LogP contribution in [0.2, 0.25) is 0 Å². The van der Waals surface area contributed by atoms with Gasteiger partial charge >= 0.3 is 0 Å². The third kappa shape index (κ3) is 4.08. The lowest BCUT2D eigenvalue weighted by molar-refractivity contribution is -0.117. The second kappa shape index (κ2) is 8.11. The second-order valence-electron chi connectivity index (χ2n) is 7.58. The molecular weight excluding hydrogens is 397 g/mol. The second-order valence-corrected chi connectivity index (χ2v) is 7.58. The zero-order chi connectivity index (χ0) is 22.0. The number of halogens is 1. The predicted octanol–water partition coefficient (Wildman–Crippen LogP) is 3.47. The molecule has 31 heavy (non-hydrogen) atoms. The maximum atomic E-state index is 14.7. The van der Waals surface area contributed by atoms with Crippen LogP contribution in [0, 0.1) is 36.9 Å². The molecular formula is C23H20FN5O2. The number of carbonyl (C=O) groups is 1. The fraction of sp³-hybridized carbons (Fsp3) is 0.261. The van der Waals surface area contributed by atoms with Crippen molar-refractivity contribution < 1.29 is 13.9 Å². The Morgan fingerprint density at radius 2 is 2.06 bits per heavy atom. The smallest absolute Gasteiger partial charge is 0.229 e. The van der Waals surface area contributed by atoms with Gasteiger partial charge in [0.25, 0.3) is 0 Å². The molecule has 2 heterocycles. The fourth-order valence-corrected chi connectivity index (χ4v) is 3.72. The summed E-state index contributed by atoms with van der Waals surface area (Å²) in [5.74, 6) is 0.319. The number of amides is 1. The van der Waals surface area contributed by atoms with E-state index in [1.807, 2.05) is 13.0 Å². The highest BCUT2D eigenvalue weighted by atomic mass is 19.1. The van der Waals surface area contributed by atoms with E-state index in [0.717, 1.165) is 0 Å². The summed E-state index contributed by atoms with van der Waals surface area (Å²) in [5, 5.41) is 11.6. The topological polar surface area (TPSA) is 101 Å². The number of nitriles is 1. The summed E-state index contributed by atoms with van der Waals surface area (Å²) in [6, 6.07) is 11.5. The zero-order valence-corrected chi connectivity index (χ0v) is 17.1. The highest BCUT2D eigenvalue weighted by molar-refractivity contribution is 5.95. The summed E-state index contributed by atoms with van der Waals surface area (Å²) in [6.45, 7) is 3.71. The monoisotopic (exact) mass is 417 g/mol. The van der Waals surface area contributed by atoms with Gasteiger partial charge in [-0.25, -0.2) is 19.3 Å². The molecule has 1 aromatic carbocycles. The number of hydrogen-bond acceptors (Lipinski definition) is 6. The Bertz CT molecular complexity index is 1180. The molecule has 0 radical (unpaired) electrons. The van der Waals surface area contributed by atoms with Crippen molar-refractivity contribution in [1.29, 1.82) is 5.26 Å². The molecule has 1 aliphatic carbocycles. The molecule has 1 fully saturated rings. The number of anilines is 1. The van der Waals surface area contributed by atoms with E-state index < -0.39 is 11.3 Å². The van der Waals surface area contributed by atoms with Gasteiger partial charge in [-0.15, -0.1) is 0 Å². The van der Waals surface area contributed by atoms with Crippen LogP contribution in [0.25, 0.3) is 0 Å². The van der Waals surface area contributed by atoms with Crippen molar-refractivity contribution in [3.05, 3.63) is 77.3 Å². The van der Waals surface area contributed by atoms with Crippen LogP contribution >= 0.6 is 0 Å². The summed E-state index contributed by atoms with van der Waals surface area (Å²) < 4.78 is 20.6. The maximum Gasteiger partial charge on any atom is 0.229 e. The van der Waals surface area contributed by atoms with Gasteiger partial charge in [-0.3, -0.25) is 4.79 Å². The molecule has 1 saturated carbocycles. The average Bonchev–Trinajstić information content (AvgIpc) is 3.50. The molecule has 1 N–H and O–H groups in total. The molecule has 2 atom stereocenters. The first-order chi connectivity index (χ1) is 14.9. The van der Waals surface area contributed by atoms with Crippen molar-refractivity contribution in [2.24, 2.45) is 5.92 Å². The van der Waals surface area contributed by atoms with Gasteiger partial charge in [-0.1, -0.05) is 18.2 Å². The third-order valence-corrected chi connectivity index (χ3v) is 5.49. The molecule has 0 aliphatic heterocycles. The summed E-state index contributed by atoms with van der Waals surface area (Å²) in [6.07, 6.45) is 3.41. The minimum absolute atomic E-state index is 0.111. The molecule has 4 rings (SSSR count). The van der Waals surface area contributed by atoms with Crippen molar-refractivity contribution in [3.63, 3.8) is 0 Å². The van der Waals surface area contributed by atoms with Gasteiger partial charge in [0, 0.05) is 11.6 Å².